The molecule has 0 saturated carbocycles. The van der Waals surface area contributed by atoms with E-state index in [1.54, 1.807) is 43.6 Å². The first kappa shape index (κ1) is 11.3. The van der Waals surface area contributed by atoms with Crippen molar-refractivity contribution in [3.63, 3.8) is 0 Å². The van der Waals surface area contributed by atoms with Crippen molar-refractivity contribution in [3.8, 4) is 0 Å². The second-order valence-corrected chi connectivity index (χ2v) is 3.63. The molecule has 1 amide bonds. The number of anilines is 1. The van der Waals surface area contributed by atoms with Crippen LogP contribution in [-0.4, -0.2) is 10.9 Å². The molecule has 1 aromatic heterocycles. The summed E-state index contributed by atoms with van der Waals surface area (Å²) in [5.41, 5.74) is 1.08. The minimum atomic E-state index is -0.487. The topological polar surface area (TPSA) is 42.0 Å². The molecule has 1 aromatic carbocycles. The zero-order valence-corrected chi connectivity index (χ0v) is 9.27. The Kier molecular flexibility index (Phi) is 3.14. The Morgan fingerprint density at radius 1 is 1.24 bits per heavy atom. The van der Waals surface area contributed by atoms with Crippen LogP contribution in [0.2, 0.25) is 0 Å². The van der Waals surface area contributed by atoms with Gasteiger partial charge in [0.25, 0.3) is 5.91 Å². The number of rotatable bonds is 2. The van der Waals surface area contributed by atoms with Gasteiger partial charge < -0.3 is 5.32 Å². The molecule has 2 aromatic rings. The van der Waals surface area contributed by atoms with E-state index in [2.05, 4.69) is 10.3 Å². The molecular weight excluding hydrogens is 219 g/mol. The Labute approximate surface area is 98.3 Å². The molecule has 0 radical (unpaired) electrons. The highest BCUT2D eigenvalue weighted by molar-refractivity contribution is 6.04. The molecule has 0 atom stereocenters. The molecule has 1 heterocycles. The van der Waals surface area contributed by atoms with E-state index >= 15 is 0 Å². The molecule has 3 nitrogen and oxygen atoms in total. The molecular formula is C13H11FN2O. The summed E-state index contributed by atoms with van der Waals surface area (Å²) in [6, 6.07) is 8.02. The minimum absolute atomic E-state index is 0.0433. The zero-order valence-electron chi connectivity index (χ0n) is 9.27. The molecule has 4 heteroatoms. The number of nitrogens with one attached hydrogen (secondary N) is 1. The van der Waals surface area contributed by atoms with Gasteiger partial charge in [0.15, 0.2) is 0 Å². The first-order valence-electron chi connectivity index (χ1n) is 5.15. The summed E-state index contributed by atoms with van der Waals surface area (Å²) in [5.74, 6) is -0.948. The Morgan fingerprint density at radius 3 is 2.65 bits per heavy atom. The lowest BCUT2D eigenvalue weighted by atomic mass is 10.1. The van der Waals surface area contributed by atoms with Gasteiger partial charge in [0, 0.05) is 18.1 Å². The SMILES string of the molecule is Cc1cccc(C(=O)Nc2ccncc2)c1F. The largest absolute Gasteiger partial charge is 0.322 e. The van der Waals surface area contributed by atoms with E-state index < -0.39 is 11.7 Å². The number of aromatic nitrogens is 1. The van der Waals surface area contributed by atoms with Crippen LogP contribution < -0.4 is 5.32 Å². The number of aryl methyl sites for hydroxylation is 1. The standard InChI is InChI=1S/C13H11FN2O/c1-9-3-2-4-11(12(9)14)13(17)16-10-5-7-15-8-6-10/h2-8H,1H3,(H,15,16,17). The van der Waals surface area contributed by atoms with Crippen molar-refractivity contribution in [2.45, 2.75) is 6.92 Å². The smallest absolute Gasteiger partial charge is 0.258 e. The van der Waals surface area contributed by atoms with Crippen LogP contribution >= 0.6 is 0 Å². The number of amides is 1. The summed E-state index contributed by atoms with van der Waals surface area (Å²) in [5, 5.41) is 2.61. The summed E-state index contributed by atoms with van der Waals surface area (Å²) in [6.45, 7) is 1.62. The van der Waals surface area contributed by atoms with E-state index in [-0.39, 0.29) is 5.56 Å². The van der Waals surface area contributed by atoms with Crippen LogP contribution in [0.15, 0.2) is 42.7 Å². The monoisotopic (exact) mass is 230 g/mol. The van der Waals surface area contributed by atoms with Crippen molar-refractivity contribution in [1.82, 2.24) is 4.98 Å². The van der Waals surface area contributed by atoms with Gasteiger partial charge in [0.05, 0.1) is 5.56 Å². The van der Waals surface area contributed by atoms with Crippen LogP contribution in [0.3, 0.4) is 0 Å². The van der Waals surface area contributed by atoms with Gasteiger partial charge in [-0.2, -0.15) is 0 Å². The Bertz CT molecular complexity index is 540. The van der Waals surface area contributed by atoms with E-state index in [1.165, 1.54) is 6.07 Å². The molecule has 0 aliphatic rings. The third kappa shape index (κ3) is 2.47. The fraction of sp³-hybridized carbons (Fsp3) is 0.0769. The average molecular weight is 230 g/mol. The number of pyridine rings is 1. The summed E-state index contributed by atoms with van der Waals surface area (Å²) in [7, 11) is 0. The number of nitrogens with zero attached hydrogens (tertiary/aromatic N) is 1. The molecule has 2 rings (SSSR count). The second-order valence-electron chi connectivity index (χ2n) is 3.63. The molecule has 0 aliphatic heterocycles. The maximum Gasteiger partial charge on any atom is 0.258 e. The fourth-order valence-corrected chi connectivity index (χ4v) is 1.46. The summed E-state index contributed by atoms with van der Waals surface area (Å²) in [6.07, 6.45) is 3.12. The highest BCUT2D eigenvalue weighted by atomic mass is 19.1. The van der Waals surface area contributed by atoms with Gasteiger partial charge in [-0.05, 0) is 30.7 Å². The van der Waals surface area contributed by atoms with Gasteiger partial charge in [0.1, 0.15) is 5.82 Å². The number of benzene rings is 1. The van der Waals surface area contributed by atoms with Gasteiger partial charge in [-0.3, -0.25) is 9.78 Å². The Morgan fingerprint density at radius 2 is 1.94 bits per heavy atom. The first-order valence-corrected chi connectivity index (χ1v) is 5.15. The van der Waals surface area contributed by atoms with Gasteiger partial charge in [-0.25, -0.2) is 4.39 Å². The maximum absolute atomic E-state index is 13.7. The normalized spacial score (nSPS) is 10.0. The highest BCUT2D eigenvalue weighted by Gasteiger charge is 2.12. The predicted molar refractivity (Wildman–Crippen MR) is 63.3 cm³/mol. The van der Waals surface area contributed by atoms with Crippen molar-refractivity contribution in [2.75, 3.05) is 5.32 Å². The van der Waals surface area contributed by atoms with Crippen LogP contribution in [0.25, 0.3) is 0 Å². The van der Waals surface area contributed by atoms with Crippen molar-refractivity contribution in [3.05, 3.63) is 59.7 Å². The van der Waals surface area contributed by atoms with Crippen molar-refractivity contribution < 1.29 is 9.18 Å². The number of halogens is 1. The summed E-state index contributed by atoms with van der Waals surface area (Å²) in [4.78, 5) is 15.6. The van der Waals surface area contributed by atoms with E-state index in [9.17, 15) is 9.18 Å². The van der Waals surface area contributed by atoms with Gasteiger partial charge >= 0.3 is 0 Å². The lowest BCUT2D eigenvalue weighted by Crippen LogP contribution is -2.14. The lowest BCUT2D eigenvalue weighted by Gasteiger charge is -2.06. The molecule has 0 unspecified atom stereocenters. The van der Waals surface area contributed by atoms with Crippen molar-refractivity contribution in [1.29, 1.82) is 0 Å². The summed E-state index contributed by atoms with van der Waals surface area (Å²) >= 11 is 0. The van der Waals surface area contributed by atoms with Gasteiger partial charge in [-0.1, -0.05) is 12.1 Å². The quantitative estimate of drug-likeness (QED) is 0.861. The Balaban J connectivity index is 2.24. The van der Waals surface area contributed by atoms with E-state index in [4.69, 9.17) is 0 Å². The molecule has 1 N–H and O–H groups in total. The zero-order chi connectivity index (χ0) is 12.3. The molecule has 0 saturated heterocycles. The van der Waals surface area contributed by atoms with Crippen molar-refractivity contribution in [2.24, 2.45) is 0 Å². The van der Waals surface area contributed by atoms with Crippen LogP contribution in [0, 0.1) is 12.7 Å². The maximum atomic E-state index is 13.7. The van der Waals surface area contributed by atoms with Crippen LogP contribution in [-0.2, 0) is 0 Å². The van der Waals surface area contributed by atoms with E-state index in [1.807, 2.05) is 0 Å². The molecule has 86 valence electrons. The van der Waals surface area contributed by atoms with Gasteiger partial charge in [0.2, 0.25) is 0 Å². The van der Waals surface area contributed by atoms with Crippen molar-refractivity contribution >= 4 is 11.6 Å². The predicted octanol–water partition coefficient (Wildman–Crippen LogP) is 2.78. The van der Waals surface area contributed by atoms with Crippen LogP contribution in [0.4, 0.5) is 10.1 Å². The Hall–Kier alpha value is -2.23. The fourth-order valence-electron chi connectivity index (χ4n) is 1.46. The lowest BCUT2D eigenvalue weighted by molar-refractivity contribution is 0.102. The highest BCUT2D eigenvalue weighted by Crippen LogP contribution is 2.14. The third-order valence-electron chi connectivity index (χ3n) is 2.37. The number of hydrogen-bond acceptors (Lipinski definition) is 2. The minimum Gasteiger partial charge on any atom is -0.322 e. The molecule has 0 fully saturated rings. The molecule has 0 aliphatic carbocycles. The molecule has 0 bridgehead atoms. The third-order valence-corrected chi connectivity index (χ3v) is 2.37. The number of carbonyl (C=O) groups is 1. The van der Waals surface area contributed by atoms with E-state index in [0.29, 0.717) is 11.3 Å². The van der Waals surface area contributed by atoms with E-state index in [0.717, 1.165) is 0 Å². The van der Waals surface area contributed by atoms with Crippen LogP contribution in [0.5, 0.6) is 0 Å². The van der Waals surface area contributed by atoms with Crippen LogP contribution in [0.1, 0.15) is 15.9 Å². The van der Waals surface area contributed by atoms with Gasteiger partial charge in [-0.15, -0.1) is 0 Å². The molecule has 0 spiro atoms. The first-order chi connectivity index (χ1) is 8.18. The average Bonchev–Trinajstić information content (AvgIpc) is 2.34. The number of hydrogen-bond donors (Lipinski definition) is 1. The second kappa shape index (κ2) is 4.74. The summed E-state index contributed by atoms with van der Waals surface area (Å²) < 4.78 is 13.7. The molecule has 17 heavy (non-hydrogen) atoms. The number of carbonyl (C=O) groups excluding carboxylic acids is 1.